The first-order chi connectivity index (χ1) is 19.0. The number of ether oxygens (including phenoxy) is 3. The van der Waals surface area contributed by atoms with E-state index in [0.717, 1.165) is 21.9 Å². The standard InChI is InChI=1S/C33H31NO5/c1-4-37-33(36)31-29(24-11-6-5-7-12-24)30-26-13-9-8-10-23(26)16-19-27(30)39-32(31)34-28(35)20-38-25-17-14-22(15-18-25)21(2)3/h5-19,21,29H,4,20H2,1-3H3,(H,34,35). The molecule has 0 saturated carbocycles. The molecular weight excluding hydrogens is 490 g/mol. The number of hydrogen-bond donors (Lipinski definition) is 1. The first-order valence-electron chi connectivity index (χ1n) is 13.1. The largest absolute Gasteiger partial charge is 0.484 e. The van der Waals surface area contributed by atoms with Crippen molar-refractivity contribution in [1.82, 2.24) is 5.32 Å². The molecular formula is C33H31NO5. The predicted molar refractivity (Wildman–Crippen MR) is 151 cm³/mol. The number of esters is 1. The van der Waals surface area contributed by atoms with E-state index in [-0.39, 0.29) is 24.7 Å². The molecule has 0 bridgehead atoms. The van der Waals surface area contributed by atoms with Gasteiger partial charge in [0.1, 0.15) is 17.1 Å². The molecule has 0 spiro atoms. The third-order valence-corrected chi connectivity index (χ3v) is 6.76. The van der Waals surface area contributed by atoms with E-state index in [2.05, 4.69) is 19.2 Å². The van der Waals surface area contributed by atoms with Gasteiger partial charge in [0.2, 0.25) is 5.88 Å². The predicted octanol–water partition coefficient (Wildman–Crippen LogP) is 6.46. The fourth-order valence-corrected chi connectivity index (χ4v) is 4.85. The lowest BCUT2D eigenvalue weighted by Crippen LogP contribution is -2.36. The van der Waals surface area contributed by atoms with E-state index in [4.69, 9.17) is 14.2 Å². The summed E-state index contributed by atoms with van der Waals surface area (Å²) in [5.41, 5.74) is 3.16. The number of amides is 1. The van der Waals surface area contributed by atoms with Gasteiger partial charge in [-0.15, -0.1) is 0 Å². The normalized spacial score (nSPS) is 14.5. The molecule has 0 radical (unpaired) electrons. The van der Waals surface area contributed by atoms with E-state index in [1.165, 1.54) is 5.56 Å². The highest BCUT2D eigenvalue weighted by Gasteiger charge is 2.38. The molecule has 1 unspecified atom stereocenters. The van der Waals surface area contributed by atoms with Gasteiger partial charge in [0.15, 0.2) is 6.61 Å². The third kappa shape index (κ3) is 5.50. The van der Waals surface area contributed by atoms with Crippen LogP contribution in [0.3, 0.4) is 0 Å². The van der Waals surface area contributed by atoms with Crippen molar-refractivity contribution in [3.05, 3.63) is 119 Å². The zero-order valence-electron chi connectivity index (χ0n) is 22.3. The Morgan fingerprint density at radius 3 is 2.33 bits per heavy atom. The minimum absolute atomic E-state index is 0.0499. The van der Waals surface area contributed by atoms with Crippen LogP contribution >= 0.6 is 0 Å². The molecule has 0 aromatic heterocycles. The maximum absolute atomic E-state index is 13.4. The van der Waals surface area contributed by atoms with E-state index in [9.17, 15) is 9.59 Å². The summed E-state index contributed by atoms with van der Waals surface area (Å²) < 4.78 is 17.4. The van der Waals surface area contributed by atoms with E-state index in [1.54, 1.807) is 6.92 Å². The van der Waals surface area contributed by atoms with Crippen molar-refractivity contribution in [3.63, 3.8) is 0 Å². The molecule has 198 valence electrons. The van der Waals surface area contributed by atoms with Crippen molar-refractivity contribution in [2.75, 3.05) is 13.2 Å². The number of carbonyl (C=O) groups excluding carboxylic acids is 2. The Morgan fingerprint density at radius 1 is 0.897 bits per heavy atom. The van der Waals surface area contributed by atoms with Crippen molar-refractivity contribution in [2.24, 2.45) is 0 Å². The van der Waals surface area contributed by atoms with Crippen molar-refractivity contribution in [2.45, 2.75) is 32.6 Å². The zero-order valence-corrected chi connectivity index (χ0v) is 22.3. The number of nitrogens with one attached hydrogen (secondary N) is 1. The van der Waals surface area contributed by atoms with Crippen molar-refractivity contribution < 1.29 is 23.8 Å². The summed E-state index contributed by atoms with van der Waals surface area (Å²) in [6.45, 7) is 5.92. The summed E-state index contributed by atoms with van der Waals surface area (Å²) in [6.07, 6.45) is 0. The van der Waals surface area contributed by atoms with E-state index in [1.807, 2.05) is 91.0 Å². The molecule has 1 aliphatic heterocycles. The molecule has 0 saturated heterocycles. The molecule has 39 heavy (non-hydrogen) atoms. The highest BCUT2D eigenvalue weighted by Crippen LogP contribution is 2.46. The van der Waals surface area contributed by atoms with Crippen molar-refractivity contribution in [1.29, 1.82) is 0 Å². The van der Waals surface area contributed by atoms with Gasteiger partial charge in [-0.25, -0.2) is 4.79 Å². The van der Waals surface area contributed by atoms with Crippen LogP contribution < -0.4 is 14.8 Å². The molecule has 1 amide bonds. The molecule has 4 aromatic rings. The quantitative estimate of drug-likeness (QED) is 0.270. The van der Waals surface area contributed by atoms with Crippen LogP contribution in [0.2, 0.25) is 0 Å². The van der Waals surface area contributed by atoms with E-state index < -0.39 is 17.8 Å². The van der Waals surface area contributed by atoms with Crippen LogP contribution in [0, 0.1) is 0 Å². The van der Waals surface area contributed by atoms with Gasteiger partial charge < -0.3 is 14.2 Å². The minimum Gasteiger partial charge on any atom is -0.484 e. The van der Waals surface area contributed by atoms with Gasteiger partial charge in [0, 0.05) is 5.56 Å². The molecule has 5 rings (SSSR count). The van der Waals surface area contributed by atoms with Gasteiger partial charge in [-0.05, 0) is 52.9 Å². The number of carbonyl (C=O) groups is 2. The molecule has 1 aliphatic rings. The van der Waals surface area contributed by atoms with Crippen LogP contribution in [-0.2, 0) is 14.3 Å². The number of hydrogen-bond acceptors (Lipinski definition) is 5. The fourth-order valence-electron chi connectivity index (χ4n) is 4.85. The molecule has 4 aromatic carbocycles. The average Bonchev–Trinajstić information content (AvgIpc) is 2.96. The molecule has 6 heteroatoms. The second-order valence-corrected chi connectivity index (χ2v) is 9.67. The molecule has 6 nitrogen and oxygen atoms in total. The van der Waals surface area contributed by atoms with Crippen LogP contribution in [0.25, 0.3) is 10.8 Å². The number of rotatable bonds is 8. The summed E-state index contributed by atoms with van der Waals surface area (Å²) in [5.74, 6) is 0.0836. The SMILES string of the molecule is CCOC(=O)C1=C(NC(=O)COc2ccc(C(C)C)cc2)Oc2ccc3ccccc3c2C1c1ccccc1. The summed E-state index contributed by atoms with van der Waals surface area (Å²) in [5, 5.41) is 4.77. The van der Waals surface area contributed by atoms with Gasteiger partial charge in [-0.1, -0.05) is 86.6 Å². The zero-order chi connectivity index (χ0) is 27.4. The Kier molecular flexibility index (Phi) is 7.64. The highest BCUT2D eigenvalue weighted by atomic mass is 16.5. The average molecular weight is 522 g/mol. The molecule has 0 aliphatic carbocycles. The van der Waals surface area contributed by atoms with Crippen LogP contribution in [0.15, 0.2) is 102 Å². The summed E-state index contributed by atoms with van der Waals surface area (Å²) >= 11 is 0. The second-order valence-electron chi connectivity index (χ2n) is 9.67. The third-order valence-electron chi connectivity index (χ3n) is 6.76. The Labute approximate surface area is 228 Å². The molecule has 1 heterocycles. The highest BCUT2D eigenvalue weighted by molar-refractivity contribution is 5.97. The first-order valence-corrected chi connectivity index (χ1v) is 13.1. The smallest absolute Gasteiger partial charge is 0.340 e. The van der Waals surface area contributed by atoms with Crippen LogP contribution in [-0.4, -0.2) is 25.1 Å². The first kappa shape index (κ1) is 26.0. The maximum atomic E-state index is 13.4. The summed E-state index contributed by atoms with van der Waals surface area (Å²) in [6, 6.07) is 29.2. The lowest BCUT2D eigenvalue weighted by Gasteiger charge is -2.31. The van der Waals surface area contributed by atoms with Crippen LogP contribution in [0.1, 0.15) is 49.3 Å². The van der Waals surface area contributed by atoms with Crippen molar-refractivity contribution >= 4 is 22.6 Å². The second kappa shape index (κ2) is 11.4. The van der Waals surface area contributed by atoms with E-state index in [0.29, 0.717) is 17.4 Å². The summed E-state index contributed by atoms with van der Waals surface area (Å²) in [4.78, 5) is 26.5. The topological polar surface area (TPSA) is 73.9 Å². The van der Waals surface area contributed by atoms with E-state index >= 15 is 0 Å². The number of benzene rings is 4. The molecule has 1 N–H and O–H groups in total. The van der Waals surface area contributed by atoms with Gasteiger partial charge in [-0.3, -0.25) is 10.1 Å². The lowest BCUT2D eigenvalue weighted by atomic mass is 9.80. The summed E-state index contributed by atoms with van der Waals surface area (Å²) in [7, 11) is 0. The molecule has 0 fully saturated rings. The maximum Gasteiger partial charge on any atom is 0.340 e. The Bertz CT molecular complexity index is 1520. The van der Waals surface area contributed by atoms with Gasteiger partial charge >= 0.3 is 5.97 Å². The Balaban J connectivity index is 1.52. The minimum atomic E-state index is -0.551. The number of fused-ring (bicyclic) bond motifs is 3. The monoisotopic (exact) mass is 521 g/mol. The fraction of sp³-hybridized carbons (Fsp3) is 0.212. The Hall–Kier alpha value is -4.58. The Morgan fingerprint density at radius 2 is 1.62 bits per heavy atom. The van der Waals surface area contributed by atoms with Gasteiger partial charge in [0.05, 0.1) is 12.5 Å². The van der Waals surface area contributed by atoms with Crippen LogP contribution in [0.5, 0.6) is 11.5 Å². The van der Waals surface area contributed by atoms with Crippen LogP contribution in [0.4, 0.5) is 0 Å². The van der Waals surface area contributed by atoms with Gasteiger partial charge in [-0.2, -0.15) is 0 Å². The lowest BCUT2D eigenvalue weighted by molar-refractivity contribution is -0.139. The van der Waals surface area contributed by atoms with Crippen molar-refractivity contribution in [3.8, 4) is 11.5 Å². The molecule has 1 atom stereocenters. The van der Waals surface area contributed by atoms with Gasteiger partial charge in [0.25, 0.3) is 5.91 Å².